The van der Waals surface area contributed by atoms with Crippen molar-refractivity contribution in [1.29, 1.82) is 5.26 Å². The van der Waals surface area contributed by atoms with Gasteiger partial charge in [0.1, 0.15) is 12.4 Å². The van der Waals surface area contributed by atoms with E-state index in [1.807, 2.05) is 36.4 Å². The summed E-state index contributed by atoms with van der Waals surface area (Å²) in [6, 6.07) is 16.6. The average Bonchev–Trinajstić information content (AvgIpc) is 2.54. The van der Waals surface area contributed by atoms with Crippen molar-refractivity contribution in [3.05, 3.63) is 65.2 Å². The van der Waals surface area contributed by atoms with E-state index in [2.05, 4.69) is 6.07 Å². The van der Waals surface area contributed by atoms with Gasteiger partial charge in [0, 0.05) is 5.56 Å². The van der Waals surface area contributed by atoms with Crippen LogP contribution in [0.1, 0.15) is 21.5 Å². The third-order valence-corrected chi connectivity index (χ3v) is 3.02. The van der Waals surface area contributed by atoms with E-state index in [1.54, 1.807) is 12.1 Å². The molecule has 0 unspecified atom stereocenters. The number of nitrogens with zero attached hydrogens (tertiary/aromatic N) is 1. The van der Waals surface area contributed by atoms with E-state index in [9.17, 15) is 4.79 Å². The highest BCUT2D eigenvalue weighted by molar-refractivity contribution is 5.90. The van der Waals surface area contributed by atoms with Crippen LogP contribution in [0.2, 0.25) is 0 Å². The van der Waals surface area contributed by atoms with E-state index in [4.69, 9.17) is 14.7 Å². The number of hydrogen-bond acceptors (Lipinski definition) is 4. The van der Waals surface area contributed by atoms with Crippen molar-refractivity contribution in [3.8, 4) is 11.8 Å². The molecule has 4 nitrogen and oxygen atoms in total. The van der Waals surface area contributed by atoms with Gasteiger partial charge in [-0.3, -0.25) is 0 Å². The molecule has 0 atom stereocenters. The molecule has 0 bridgehead atoms. The zero-order chi connectivity index (χ0) is 15.1. The Morgan fingerprint density at radius 3 is 2.52 bits per heavy atom. The SMILES string of the molecule is COC(=O)c1ccccc1COc1ccc(CC#N)cc1. The Balaban J connectivity index is 2.06. The first kappa shape index (κ1) is 14.6. The highest BCUT2D eigenvalue weighted by atomic mass is 16.5. The Bertz CT molecular complexity index is 656. The molecular weight excluding hydrogens is 266 g/mol. The summed E-state index contributed by atoms with van der Waals surface area (Å²) in [7, 11) is 1.36. The molecule has 0 fully saturated rings. The second kappa shape index (κ2) is 7.11. The summed E-state index contributed by atoms with van der Waals surface area (Å²) < 4.78 is 10.4. The topological polar surface area (TPSA) is 59.3 Å². The number of rotatable bonds is 5. The molecule has 4 heteroatoms. The molecule has 0 spiro atoms. The minimum Gasteiger partial charge on any atom is -0.489 e. The van der Waals surface area contributed by atoms with Gasteiger partial charge in [-0.1, -0.05) is 30.3 Å². The molecule has 2 rings (SSSR count). The Morgan fingerprint density at radius 2 is 1.86 bits per heavy atom. The second-order valence-electron chi connectivity index (χ2n) is 4.42. The standard InChI is InChI=1S/C17H15NO3/c1-20-17(19)16-5-3-2-4-14(16)12-21-15-8-6-13(7-9-15)10-11-18/h2-9H,10,12H2,1H3. The van der Waals surface area contributed by atoms with Crippen LogP contribution in [-0.4, -0.2) is 13.1 Å². The minimum absolute atomic E-state index is 0.281. The molecule has 0 amide bonds. The van der Waals surface area contributed by atoms with E-state index >= 15 is 0 Å². The fraction of sp³-hybridized carbons (Fsp3) is 0.176. The fourth-order valence-corrected chi connectivity index (χ4v) is 1.91. The largest absolute Gasteiger partial charge is 0.489 e. The maximum absolute atomic E-state index is 11.7. The third kappa shape index (κ3) is 3.83. The predicted octanol–water partition coefficient (Wildman–Crippen LogP) is 3.12. The maximum atomic E-state index is 11.7. The number of carbonyl (C=O) groups excluding carboxylic acids is 1. The molecule has 106 valence electrons. The predicted molar refractivity (Wildman–Crippen MR) is 77.9 cm³/mol. The molecular formula is C17H15NO3. The lowest BCUT2D eigenvalue weighted by Gasteiger charge is -2.10. The minimum atomic E-state index is -0.376. The first-order chi connectivity index (χ1) is 10.2. The molecule has 0 heterocycles. The summed E-state index contributed by atoms with van der Waals surface area (Å²) in [5, 5.41) is 8.62. The summed E-state index contributed by atoms with van der Waals surface area (Å²) in [5.41, 5.74) is 2.21. The Kier molecular flexibility index (Phi) is 4.94. The van der Waals surface area contributed by atoms with Gasteiger partial charge in [0.05, 0.1) is 25.2 Å². The number of esters is 1. The van der Waals surface area contributed by atoms with Gasteiger partial charge in [0.15, 0.2) is 0 Å². The van der Waals surface area contributed by atoms with Gasteiger partial charge in [-0.05, 0) is 23.8 Å². The monoisotopic (exact) mass is 281 g/mol. The van der Waals surface area contributed by atoms with Crippen LogP contribution in [0.15, 0.2) is 48.5 Å². The molecule has 2 aromatic carbocycles. The quantitative estimate of drug-likeness (QED) is 0.790. The van der Waals surface area contributed by atoms with E-state index in [1.165, 1.54) is 7.11 Å². The van der Waals surface area contributed by atoms with Crippen LogP contribution < -0.4 is 4.74 Å². The van der Waals surface area contributed by atoms with Crippen molar-refractivity contribution in [2.24, 2.45) is 0 Å². The average molecular weight is 281 g/mol. The van der Waals surface area contributed by atoms with Crippen LogP contribution in [0.5, 0.6) is 5.75 Å². The molecule has 0 aliphatic heterocycles. The smallest absolute Gasteiger partial charge is 0.338 e. The zero-order valence-corrected chi connectivity index (χ0v) is 11.7. The highest BCUT2D eigenvalue weighted by Crippen LogP contribution is 2.17. The van der Waals surface area contributed by atoms with Crippen LogP contribution >= 0.6 is 0 Å². The normalized spacial score (nSPS) is 9.71. The fourth-order valence-electron chi connectivity index (χ4n) is 1.91. The van der Waals surface area contributed by atoms with Crippen molar-refractivity contribution in [2.45, 2.75) is 13.0 Å². The summed E-state index contributed by atoms with van der Waals surface area (Å²) in [6.45, 7) is 0.281. The lowest BCUT2D eigenvalue weighted by molar-refractivity contribution is 0.0597. The van der Waals surface area contributed by atoms with Crippen molar-refractivity contribution in [3.63, 3.8) is 0 Å². The van der Waals surface area contributed by atoms with Gasteiger partial charge in [0.25, 0.3) is 0 Å². The summed E-state index contributed by atoms with van der Waals surface area (Å²) in [5.74, 6) is 0.315. The molecule has 0 saturated carbocycles. The van der Waals surface area contributed by atoms with E-state index in [0.29, 0.717) is 17.7 Å². The first-order valence-corrected chi connectivity index (χ1v) is 6.49. The maximum Gasteiger partial charge on any atom is 0.338 e. The van der Waals surface area contributed by atoms with Gasteiger partial charge in [-0.25, -0.2) is 4.79 Å². The van der Waals surface area contributed by atoms with Crippen LogP contribution in [0, 0.1) is 11.3 Å². The second-order valence-corrected chi connectivity index (χ2v) is 4.42. The zero-order valence-electron chi connectivity index (χ0n) is 11.7. The Hall–Kier alpha value is -2.80. The number of hydrogen-bond donors (Lipinski definition) is 0. The van der Waals surface area contributed by atoms with Crippen molar-refractivity contribution < 1.29 is 14.3 Å². The van der Waals surface area contributed by atoms with E-state index in [-0.39, 0.29) is 12.6 Å². The highest BCUT2D eigenvalue weighted by Gasteiger charge is 2.11. The Morgan fingerprint density at radius 1 is 1.14 bits per heavy atom. The molecule has 0 aliphatic rings. The van der Waals surface area contributed by atoms with Crippen molar-refractivity contribution in [2.75, 3.05) is 7.11 Å². The number of methoxy groups -OCH3 is 1. The number of ether oxygens (including phenoxy) is 2. The summed E-state index contributed by atoms with van der Waals surface area (Å²) >= 11 is 0. The number of carbonyl (C=O) groups is 1. The molecule has 0 saturated heterocycles. The van der Waals surface area contributed by atoms with E-state index < -0.39 is 0 Å². The van der Waals surface area contributed by atoms with Crippen LogP contribution in [0.25, 0.3) is 0 Å². The lowest BCUT2D eigenvalue weighted by Crippen LogP contribution is -2.07. The molecule has 0 aromatic heterocycles. The van der Waals surface area contributed by atoms with Crippen molar-refractivity contribution >= 4 is 5.97 Å². The summed E-state index contributed by atoms with van der Waals surface area (Å²) in [4.78, 5) is 11.7. The van der Waals surface area contributed by atoms with Gasteiger partial charge >= 0.3 is 5.97 Å². The van der Waals surface area contributed by atoms with Gasteiger partial charge in [0.2, 0.25) is 0 Å². The van der Waals surface area contributed by atoms with Crippen molar-refractivity contribution in [1.82, 2.24) is 0 Å². The Labute approximate surface area is 123 Å². The number of benzene rings is 2. The van der Waals surface area contributed by atoms with Crippen LogP contribution in [0.3, 0.4) is 0 Å². The molecule has 21 heavy (non-hydrogen) atoms. The molecule has 0 aliphatic carbocycles. The molecule has 0 N–H and O–H groups in total. The number of nitriles is 1. The lowest BCUT2D eigenvalue weighted by atomic mass is 10.1. The first-order valence-electron chi connectivity index (χ1n) is 6.49. The molecule has 0 radical (unpaired) electrons. The summed E-state index contributed by atoms with van der Waals surface area (Å²) in [6.07, 6.45) is 0.380. The van der Waals surface area contributed by atoms with Gasteiger partial charge in [-0.15, -0.1) is 0 Å². The van der Waals surface area contributed by atoms with Gasteiger partial charge < -0.3 is 9.47 Å². The van der Waals surface area contributed by atoms with Crippen LogP contribution in [0.4, 0.5) is 0 Å². The molecule has 2 aromatic rings. The van der Waals surface area contributed by atoms with Gasteiger partial charge in [-0.2, -0.15) is 5.26 Å². The third-order valence-electron chi connectivity index (χ3n) is 3.02. The van der Waals surface area contributed by atoms with Crippen LogP contribution in [-0.2, 0) is 17.8 Å². The van der Waals surface area contributed by atoms with E-state index in [0.717, 1.165) is 11.1 Å².